The zero-order valence-corrected chi connectivity index (χ0v) is 14.0. The third-order valence-electron chi connectivity index (χ3n) is 4.21. The number of rotatable bonds is 6. The predicted octanol–water partition coefficient (Wildman–Crippen LogP) is 2.95. The highest BCUT2D eigenvalue weighted by atomic mass is 16.5. The summed E-state index contributed by atoms with van der Waals surface area (Å²) in [6, 6.07) is 12.8. The number of nitrogens with two attached hydrogens (primary N) is 1. The van der Waals surface area contributed by atoms with Gasteiger partial charge in [-0.05, 0) is 42.8 Å². The first-order valence-electron chi connectivity index (χ1n) is 8.07. The quantitative estimate of drug-likeness (QED) is 0.555. The maximum absolute atomic E-state index is 12.8. The summed E-state index contributed by atoms with van der Waals surface area (Å²) < 4.78 is 5.24. The molecule has 0 bridgehead atoms. The van der Waals surface area contributed by atoms with E-state index in [9.17, 15) is 9.90 Å². The number of hydrogen-bond donors (Lipinski definition) is 4. The highest BCUT2D eigenvalue weighted by Crippen LogP contribution is 2.28. The number of carbonyl (C=O) groups is 1. The molecule has 6 heteroatoms. The SMILES string of the molecule is COc1cccc(C(CCN)C(=O)Nc2ccc3c[nH]c(O)c3c2)c1. The fraction of sp³-hybridized carbons (Fsp3) is 0.211. The largest absolute Gasteiger partial charge is 0.497 e. The molecule has 130 valence electrons. The number of fused-ring (bicyclic) bond motifs is 1. The number of aromatic amines is 1. The number of amides is 1. The number of nitrogens with one attached hydrogen (secondary N) is 2. The summed E-state index contributed by atoms with van der Waals surface area (Å²) in [5, 5.41) is 14.3. The summed E-state index contributed by atoms with van der Waals surface area (Å²) >= 11 is 0. The van der Waals surface area contributed by atoms with Gasteiger partial charge in [0.15, 0.2) is 5.88 Å². The van der Waals surface area contributed by atoms with Crippen LogP contribution in [0.2, 0.25) is 0 Å². The van der Waals surface area contributed by atoms with Gasteiger partial charge in [0.2, 0.25) is 5.91 Å². The summed E-state index contributed by atoms with van der Waals surface area (Å²) in [7, 11) is 1.59. The van der Waals surface area contributed by atoms with Crippen LogP contribution in [0, 0.1) is 0 Å². The average molecular weight is 339 g/mol. The molecule has 1 aromatic heterocycles. The Hall–Kier alpha value is -2.99. The van der Waals surface area contributed by atoms with Gasteiger partial charge in [0.1, 0.15) is 5.75 Å². The lowest BCUT2D eigenvalue weighted by molar-refractivity contribution is -0.117. The minimum absolute atomic E-state index is 0.0809. The number of hydrogen-bond acceptors (Lipinski definition) is 4. The highest BCUT2D eigenvalue weighted by molar-refractivity contribution is 5.99. The lowest BCUT2D eigenvalue weighted by atomic mass is 9.94. The van der Waals surface area contributed by atoms with Crippen molar-refractivity contribution in [1.29, 1.82) is 0 Å². The summed E-state index contributed by atoms with van der Waals surface area (Å²) in [6.45, 7) is 0.396. The second-order valence-corrected chi connectivity index (χ2v) is 5.84. The van der Waals surface area contributed by atoms with E-state index in [2.05, 4.69) is 10.3 Å². The van der Waals surface area contributed by atoms with Gasteiger partial charge in [0, 0.05) is 22.7 Å². The zero-order chi connectivity index (χ0) is 17.8. The van der Waals surface area contributed by atoms with E-state index in [0.717, 1.165) is 10.9 Å². The van der Waals surface area contributed by atoms with E-state index >= 15 is 0 Å². The van der Waals surface area contributed by atoms with Gasteiger partial charge in [-0.2, -0.15) is 0 Å². The highest BCUT2D eigenvalue weighted by Gasteiger charge is 2.21. The number of ether oxygens (including phenoxy) is 1. The monoisotopic (exact) mass is 339 g/mol. The summed E-state index contributed by atoms with van der Waals surface area (Å²) in [5.74, 6) is 0.257. The molecule has 25 heavy (non-hydrogen) atoms. The molecule has 0 aliphatic heterocycles. The predicted molar refractivity (Wildman–Crippen MR) is 98.0 cm³/mol. The molecule has 2 aromatic carbocycles. The van der Waals surface area contributed by atoms with Crippen molar-refractivity contribution in [3.63, 3.8) is 0 Å². The van der Waals surface area contributed by atoms with Gasteiger partial charge >= 0.3 is 0 Å². The Kier molecular flexibility index (Phi) is 4.90. The van der Waals surface area contributed by atoms with E-state index in [4.69, 9.17) is 10.5 Å². The van der Waals surface area contributed by atoms with E-state index in [1.54, 1.807) is 25.4 Å². The van der Waals surface area contributed by atoms with Crippen molar-refractivity contribution in [3.8, 4) is 11.6 Å². The molecule has 5 N–H and O–H groups in total. The van der Waals surface area contributed by atoms with Gasteiger partial charge in [-0.3, -0.25) is 4.79 Å². The van der Waals surface area contributed by atoms with E-state index in [-0.39, 0.29) is 17.7 Å². The van der Waals surface area contributed by atoms with E-state index in [1.807, 2.05) is 30.3 Å². The Morgan fingerprint density at radius 2 is 2.16 bits per heavy atom. The number of aromatic hydroxyl groups is 1. The Bertz CT molecular complexity index is 889. The Labute approximate surface area is 145 Å². The van der Waals surface area contributed by atoms with Gasteiger partial charge in [-0.1, -0.05) is 18.2 Å². The Morgan fingerprint density at radius 3 is 2.92 bits per heavy atom. The van der Waals surface area contributed by atoms with E-state index in [0.29, 0.717) is 29.8 Å². The van der Waals surface area contributed by atoms with Crippen molar-refractivity contribution in [2.75, 3.05) is 19.0 Å². The molecular formula is C19H21N3O3. The first kappa shape index (κ1) is 16.9. The van der Waals surface area contributed by atoms with Gasteiger partial charge < -0.3 is 25.9 Å². The molecule has 0 aliphatic rings. The molecule has 3 rings (SSSR count). The fourth-order valence-electron chi connectivity index (χ4n) is 2.89. The number of H-pyrrole nitrogens is 1. The second kappa shape index (κ2) is 7.27. The molecule has 0 saturated heterocycles. The van der Waals surface area contributed by atoms with Crippen molar-refractivity contribution in [3.05, 3.63) is 54.2 Å². The summed E-state index contributed by atoms with van der Waals surface area (Å²) in [4.78, 5) is 15.5. The van der Waals surface area contributed by atoms with Crippen molar-refractivity contribution in [2.24, 2.45) is 5.73 Å². The van der Waals surface area contributed by atoms with Crippen LogP contribution in [-0.4, -0.2) is 29.7 Å². The Balaban J connectivity index is 1.85. The molecule has 1 amide bonds. The number of anilines is 1. The van der Waals surface area contributed by atoms with Crippen molar-refractivity contribution in [2.45, 2.75) is 12.3 Å². The molecule has 0 spiro atoms. The molecule has 6 nitrogen and oxygen atoms in total. The lowest BCUT2D eigenvalue weighted by Crippen LogP contribution is -2.23. The minimum Gasteiger partial charge on any atom is -0.497 e. The van der Waals surface area contributed by atoms with Crippen LogP contribution in [0.25, 0.3) is 10.8 Å². The van der Waals surface area contributed by atoms with E-state index in [1.165, 1.54) is 0 Å². The first-order chi connectivity index (χ1) is 12.1. The molecule has 0 fully saturated rings. The number of aromatic nitrogens is 1. The van der Waals surface area contributed by atoms with Gasteiger partial charge in [-0.25, -0.2) is 0 Å². The topological polar surface area (TPSA) is 100 Å². The fourth-order valence-corrected chi connectivity index (χ4v) is 2.89. The number of methoxy groups -OCH3 is 1. The third kappa shape index (κ3) is 3.59. The van der Waals surface area contributed by atoms with Crippen LogP contribution >= 0.6 is 0 Å². The summed E-state index contributed by atoms with van der Waals surface area (Å²) in [5.41, 5.74) is 7.18. The van der Waals surface area contributed by atoms with E-state index < -0.39 is 0 Å². The number of benzene rings is 2. The van der Waals surface area contributed by atoms with Crippen molar-refractivity contribution >= 4 is 22.4 Å². The molecule has 0 saturated carbocycles. The standard InChI is InChI=1S/C19H21N3O3/c1-25-15-4-2-3-12(9-15)16(7-8-20)19(24)22-14-6-5-13-11-21-18(23)17(13)10-14/h2-6,9-11,16,21,23H,7-8,20H2,1H3,(H,22,24). The maximum atomic E-state index is 12.8. The van der Waals surface area contributed by atoms with Crippen LogP contribution in [0.15, 0.2) is 48.7 Å². The molecule has 3 aromatic rings. The lowest BCUT2D eigenvalue weighted by Gasteiger charge is -2.17. The van der Waals surface area contributed by atoms with Crippen LogP contribution in [0.1, 0.15) is 17.9 Å². The van der Waals surface area contributed by atoms with Crippen LogP contribution in [0.3, 0.4) is 0 Å². The molecular weight excluding hydrogens is 318 g/mol. The molecule has 1 atom stereocenters. The zero-order valence-electron chi connectivity index (χ0n) is 14.0. The van der Waals surface area contributed by atoms with Gasteiger partial charge in [-0.15, -0.1) is 0 Å². The molecule has 1 heterocycles. The average Bonchev–Trinajstić information content (AvgIpc) is 3.00. The molecule has 0 radical (unpaired) electrons. The van der Waals surface area contributed by atoms with Crippen LogP contribution in [0.5, 0.6) is 11.6 Å². The summed E-state index contributed by atoms with van der Waals surface area (Å²) in [6.07, 6.45) is 2.24. The van der Waals surface area contributed by atoms with Gasteiger partial charge in [0.25, 0.3) is 0 Å². The van der Waals surface area contributed by atoms with Crippen LogP contribution in [0.4, 0.5) is 5.69 Å². The third-order valence-corrected chi connectivity index (χ3v) is 4.21. The smallest absolute Gasteiger partial charge is 0.231 e. The van der Waals surface area contributed by atoms with Crippen LogP contribution in [-0.2, 0) is 4.79 Å². The molecule has 1 unspecified atom stereocenters. The van der Waals surface area contributed by atoms with Crippen molar-refractivity contribution < 1.29 is 14.6 Å². The Morgan fingerprint density at radius 1 is 1.32 bits per heavy atom. The number of carbonyl (C=O) groups excluding carboxylic acids is 1. The second-order valence-electron chi connectivity index (χ2n) is 5.84. The van der Waals surface area contributed by atoms with Crippen molar-refractivity contribution in [1.82, 2.24) is 4.98 Å². The first-order valence-corrected chi connectivity index (χ1v) is 8.07. The normalized spacial score (nSPS) is 12.1. The maximum Gasteiger partial charge on any atom is 0.231 e. The minimum atomic E-state index is -0.379. The van der Waals surface area contributed by atoms with Gasteiger partial charge in [0.05, 0.1) is 13.0 Å². The molecule has 0 aliphatic carbocycles. The van der Waals surface area contributed by atoms with Crippen LogP contribution < -0.4 is 15.8 Å².